The van der Waals surface area contributed by atoms with E-state index in [0.717, 1.165) is 31.0 Å². The van der Waals surface area contributed by atoms with E-state index in [0.29, 0.717) is 11.7 Å². The summed E-state index contributed by atoms with van der Waals surface area (Å²) in [6.07, 6.45) is 1.06. The largest absolute Gasteiger partial charge is 0.338 e. The standard InChI is InChI=1S/C16H21N3O/c1-11(2)16(7-8-17-10-16)15-18-14(19-20-15)13-6-4-5-12(3)9-13/h4-6,9,11,17H,7-8,10H2,1-3H3. The normalized spacial score (nSPS) is 22.6. The Morgan fingerprint density at radius 2 is 2.20 bits per heavy atom. The average molecular weight is 271 g/mol. The number of aromatic nitrogens is 2. The van der Waals surface area contributed by atoms with E-state index >= 15 is 0 Å². The molecule has 1 aliphatic heterocycles. The molecular formula is C16H21N3O. The molecule has 1 N–H and O–H groups in total. The van der Waals surface area contributed by atoms with Crippen molar-refractivity contribution in [1.82, 2.24) is 15.5 Å². The van der Waals surface area contributed by atoms with Gasteiger partial charge in [-0.05, 0) is 31.9 Å². The molecule has 2 aromatic rings. The lowest BCUT2D eigenvalue weighted by atomic mass is 9.76. The fourth-order valence-electron chi connectivity index (χ4n) is 2.96. The highest BCUT2D eigenvalue weighted by atomic mass is 16.5. The third kappa shape index (κ3) is 2.14. The molecule has 2 heterocycles. The quantitative estimate of drug-likeness (QED) is 0.932. The van der Waals surface area contributed by atoms with E-state index in [2.05, 4.69) is 48.4 Å². The van der Waals surface area contributed by atoms with Gasteiger partial charge >= 0.3 is 0 Å². The van der Waals surface area contributed by atoms with E-state index in [1.54, 1.807) is 0 Å². The maximum atomic E-state index is 5.61. The van der Waals surface area contributed by atoms with Crippen LogP contribution in [0.1, 0.15) is 31.7 Å². The van der Waals surface area contributed by atoms with Gasteiger partial charge in [-0.1, -0.05) is 42.8 Å². The minimum Gasteiger partial charge on any atom is -0.338 e. The molecule has 106 valence electrons. The first-order chi connectivity index (χ1) is 9.62. The number of nitrogens with one attached hydrogen (secondary N) is 1. The summed E-state index contributed by atoms with van der Waals surface area (Å²) < 4.78 is 5.61. The Bertz CT molecular complexity index is 597. The molecule has 0 radical (unpaired) electrons. The molecular weight excluding hydrogens is 250 g/mol. The second-order valence-corrected chi connectivity index (χ2v) is 6.03. The summed E-state index contributed by atoms with van der Waals surface area (Å²) in [5.74, 6) is 1.94. The van der Waals surface area contributed by atoms with Crippen molar-refractivity contribution in [2.75, 3.05) is 13.1 Å². The van der Waals surface area contributed by atoms with Gasteiger partial charge in [0.2, 0.25) is 11.7 Å². The zero-order chi connectivity index (χ0) is 14.2. The van der Waals surface area contributed by atoms with Gasteiger partial charge < -0.3 is 9.84 Å². The van der Waals surface area contributed by atoms with Gasteiger partial charge in [0.1, 0.15) is 0 Å². The predicted octanol–water partition coefficient (Wildman–Crippen LogP) is 2.93. The van der Waals surface area contributed by atoms with Crippen LogP contribution in [0.15, 0.2) is 28.8 Å². The van der Waals surface area contributed by atoms with Crippen LogP contribution in [0.2, 0.25) is 0 Å². The highest BCUT2D eigenvalue weighted by molar-refractivity contribution is 5.55. The topological polar surface area (TPSA) is 51.0 Å². The van der Waals surface area contributed by atoms with Gasteiger partial charge in [-0.2, -0.15) is 4.98 Å². The minimum atomic E-state index is -0.0188. The van der Waals surface area contributed by atoms with Crippen molar-refractivity contribution in [2.45, 2.75) is 32.6 Å². The summed E-state index contributed by atoms with van der Waals surface area (Å²) in [7, 11) is 0. The third-order valence-electron chi connectivity index (χ3n) is 4.42. The van der Waals surface area contributed by atoms with Gasteiger partial charge in [0.05, 0.1) is 5.41 Å². The van der Waals surface area contributed by atoms with Crippen LogP contribution in [0.5, 0.6) is 0 Å². The molecule has 1 aromatic heterocycles. The van der Waals surface area contributed by atoms with E-state index < -0.39 is 0 Å². The summed E-state index contributed by atoms with van der Waals surface area (Å²) in [6, 6.07) is 8.21. The molecule has 0 spiro atoms. The Balaban J connectivity index is 1.97. The summed E-state index contributed by atoms with van der Waals surface area (Å²) in [4.78, 5) is 4.68. The van der Waals surface area contributed by atoms with Crippen LogP contribution in [0.3, 0.4) is 0 Å². The first kappa shape index (κ1) is 13.3. The van der Waals surface area contributed by atoms with Crippen LogP contribution >= 0.6 is 0 Å². The molecule has 1 atom stereocenters. The SMILES string of the molecule is Cc1cccc(-c2noc(C3(C(C)C)CCNC3)n2)c1. The summed E-state index contributed by atoms with van der Waals surface area (Å²) in [5, 5.41) is 7.61. The van der Waals surface area contributed by atoms with Crippen molar-refractivity contribution >= 4 is 0 Å². The van der Waals surface area contributed by atoms with Crippen molar-refractivity contribution in [3.8, 4) is 11.4 Å². The zero-order valence-electron chi connectivity index (χ0n) is 12.3. The van der Waals surface area contributed by atoms with Crippen LogP contribution in [0, 0.1) is 12.8 Å². The lowest BCUT2D eigenvalue weighted by molar-refractivity contribution is 0.234. The van der Waals surface area contributed by atoms with Gasteiger partial charge in [0, 0.05) is 12.1 Å². The molecule has 1 aliphatic rings. The Morgan fingerprint density at radius 1 is 1.35 bits per heavy atom. The molecule has 1 aromatic carbocycles. The van der Waals surface area contributed by atoms with E-state index in [1.807, 2.05) is 12.1 Å². The van der Waals surface area contributed by atoms with E-state index in [4.69, 9.17) is 4.52 Å². The van der Waals surface area contributed by atoms with Crippen molar-refractivity contribution in [3.05, 3.63) is 35.7 Å². The van der Waals surface area contributed by atoms with Crippen molar-refractivity contribution in [3.63, 3.8) is 0 Å². The Kier molecular flexibility index (Phi) is 3.34. The van der Waals surface area contributed by atoms with E-state index in [1.165, 1.54) is 5.56 Å². The highest BCUT2D eigenvalue weighted by Crippen LogP contribution is 2.37. The number of nitrogens with zero attached hydrogens (tertiary/aromatic N) is 2. The van der Waals surface area contributed by atoms with Gasteiger partial charge in [0.25, 0.3) is 0 Å². The number of hydrogen-bond acceptors (Lipinski definition) is 4. The van der Waals surface area contributed by atoms with Crippen LogP contribution < -0.4 is 5.32 Å². The molecule has 4 nitrogen and oxygen atoms in total. The second kappa shape index (κ2) is 5.02. The summed E-state index contributed by atoms with van der Waals surface area (Å²) in [6.45, 7) is 8.45. The Labute approximate surface area is 119 Å². The molecule has 3 rings (SSSR count). The molecule has 1 saturated heterocycles. The third-order valence-corrected chi connectivity index (χ3v) is 4.42. The van der Waals surface area contributed by atoms with Crippen molar-refractivity contribution < 1.29 is 4.52 Å². The number of hydrogen-bond donors (Lipinski definition) is 1. The Morgan fingerprint density at radius 3 is 2.85 bits per heavy atom. The molecule has 20 heavy (non-hydrogen) atoms. The van der Waals surface area contributed by atoms with Crippen molar-refractivity contribution in [2.24, 2.45) is 5.92 Å². The molecule has 1 fully saturated rings. The maximum Gasteiger partial charge on any atom is 0.234 e. The van der Waals surface area contributed by atoms with Gasteiger partial charge in [-0.3, -0.25) is 0 Å². The molecule has 4 heteroatoms. The number of rotatable bonds is 3. The van der Waals surface area contributed by atoms with Gasteiger partial charge in [0.15, 0.2) is 0 Å². The highest BCUT2D eigenvalue weighted by Gasteiger charge is 2.43. The number of aryl methyl sites for hydroxylation is 1. The fraction of sp³-hybridized carbons (Fsp3) is 0.500. The molecule has 0 aliphatic carbocycles. The van der Waals surface area contributed by atoms with E-state index in [9.17, 15) is 0 Å². The predicted molar refractivity (Wildman–Crippen MR) is 78.5 cm³/mol. The number of benzene rings is 1. The lowest BCUT2D eigenvalue weighted by Gasteiger charge is -2.27. The summed E-state index contributed by atoms with van der Waals surface area (Å²) in [5.41, 5.74) is 2.20. The van der Waals surface area contributed by atoms with Crippen molar-refractivity contribution in [1.29, 1.82) is 0 Å². The maximum absolute atomic E-state index is 5.61. The smallest absolute Gasteiger partial charge is 0.234 e. The average Bonchev–Trinajstić information content (AvgIpc) is 3.08. The fourth-order valence-corrected chi connectivity index (χ4v) is 2.96. The zero-order valence-corrected chi connectivity index (χ0v) is 12.3. The first-order valence-corrected chi connectivity index (χ1v) is 7.24. The van der Waals surface area contributed by atoms with Gasteiger partial charge in [-0.15, -0.1) is 0 Å². The van der Waals surface area contributed by atoms with Gasteiger partial charge in [-0.25, -0.2) is 0 Å². The first-order valence-electron chi connectivity index (χ1n) is 7.24. The second-order valence-electron chi connectivity index (χ2n) is 6.03. The van der Waals surface area contributed by atoms with Crippen LogP contribution in [0.25, 0.3) is 11.4 Å². The molecule has 0 bridgehead atoms. The monoisotopic (exact) mass is 271 g/mol. The lowest BCUT2D eigenvalue weighted by Crippen LogP contribution is -2.35. The molecule has 1 unspecified atom stereocenters. The summed E-state index contributed by atoms with van der Waals surface area (Å²) >= 11 is 0. The minimum absolute atomic E-state index is 0.0188. The molecule has 0 saturated carbocycles. The van der Waals surface area contributed by atoms with E-state index in [-0.39, 0.29) is 5.41 Å². The van der Waals surface area contributed by atoms with Crippen LogP contribution in [0.4, 0.5) is 0 Å². The Hall–Kier alpha value is -1.68. The molecule has 0 amide bonds. The van der Waals surface area contributed by atoms with Crippen LogP contribution in [-0.2, 0) is 5.41 Å². The van der Waals surface area contributed by atoms with Crippen LogP contribution in [-0.4, -0.2) is 23.2 Å².